The second kappa shape index (κ2) is 7.08. The molecule has 0 radical (unpaired) electrons. The van der Waals surface area contributed by atoms with E-state index in [0.717, 1.165) is 11.8 Å². The summed E-state index contributed by atoms with van der Waals surface area (Å²) < 4.78 is 16.6. The molecule has 0 N–H and O–H groups in total. The van der Waals surface area contributed by atoms with E-state index in [9.17, 15) is 4.79 Å². The van der Waals surface area contributed by atoms with Gasteiger partial charge in [0.25, 0.3) is 0 Å². The molecule has 0 spiro atoms. The summed E-state index contributed by atoms with van der Waals surface area (Å²) in [5, 5.41) is 0. The smallest absolute Gasteiger partial charge is 0.226 e. The zero-order valence-corrected chi connectivity index (χ0v) is 14.0. The standard InChI is InChI=1S/C18H29NO4/c20-18(17-15-10-13-9-14(12-15)16(17)11-13)19-1-3-21-5-7-23-8-6-22-4-2-19/h13-17H,1-12H2. The summed E-state index contributed by atoms with van der Waals surface area (Å²) in [6.07, 6.45) is 5.28. The number of ether oxygens (including phenoxy) is 3. The highest BCUT2D eigenvalue weighted by molar-refractivity contribution is 5.80. The van der Waals surface area contributed by atoms with Gasteiger partial charge in [-0.25, -0.2) is 0 Å². The highest BCUT2D eigenvalue weighted by atomic mass is 16.5. The number of rotatable bonds is 1. The van der Waals surface area contributed by atoms with Crippen LogP contribution in [0.3, 0.4) is 0 Å². The molecule has 4 bridgehead atoms. The number of carbonyl (C=O) groups excluding carboxylic acids is 1. The Bertz CT molecular complexity index is 413. The van der Waals surface area contributed by atoms with Crippen molar-refractivity contribution >= 4 is 5.91 Å². The van der Waals surface area contributed by atoms with E-state index in [0.29, 0.717) is 70.5 Å². The molecule has 0 aromatic heterocycles. The van der Waals surface area contributed by atoms with Gasteiger partial charge in [0.1, 0.15) is 0 Å². The zero-order valence-electron chi connectivity index (χ0n) is 14.0. The molecule has 5 heteroatoms. The lowest BCUT2D eigenvalue weighted by Crippen LogP contribution is -2.44. The third-order valence-corrected chi connectivity index (χ3v) is 6.41. The molecule has 1 amide bonds. The van der Waals surface area contributed by atoms with Crippen LogP contribution in [-0.4, -0.2) is 63.5 Å². The molecule has 1 saturated heterocycles. The number of hydrogen-bond donors (Lipinski definition) is 0. The molecule has 5 atom stereocenters. The molecule has 130 valence electrons. The fraction of sp³-hybridized carbons (Fsp3) is 0.944. The predicted octanol–water partition coefficient (Wildman–Crippen LogP) is 1.56. The number of amides is 1. The van der Waals surface area contributed by atoms with Crippen LogP contribution >= 0.6 is 0 Å². The SMILES string of the molecule is O=C(C1C2CC3CC(C2)C1C3)N1CCOCCOCCOCC1. The van der Waals surface area contributed by atoms with Crippen LogP contribution in [-0.2, 0) is 19.0 Å². The van der Waals surface area contributed by atoms with E-state index in [2.05, 4.69) is 0 Å². The Morgan fingerprint density at radius 3 is 2.00 bits per heavy atom. The first-order valence-electron chi connectivity index (χ1n) is 9.35. The molecule has 4 saturated carbocycles. The van der Waals surface area contributed by atoms with Gasteiger partial charge in [0.15, 0.2) is 0 Å². The summed E-state index contributed by atoms with van der Waals surface area (Å²) >= 11 is 0. The van der Waals surface area contributed by atoms with Crippen molar-refractivity contribution in [2.75, 3.05) is 52.7 Å². The summed E-state index contributed by atoms with van der Waals surface area (Å²) in [5.74, 6) is 3.75. The van der Waals surface area contributed by atoms with Gasteiger partial charge in [0.05, 0.1) is 39.6 Å². The summed E-state index contributed by atoms with van der Waals surface area (Å²) in [7, 11) is 0. The summed E-state index contributed by atoms with van der Waals surface area (Å²) in [5.41, 5.74) is 0. The Morgan fingerprint density at radius 1 is 0.739 bits per heavy atom. The number of carbonyl (C=O) groups is 1. The molecule has 1 heterocycles. The van der Waals surface area contributed by atoms with Crippen LogP contribution in [0.15, 0.2) is 0 Å². The largest absolute Gasteiger partial charge is 0.377 e. The highest BCUT2D eigenvalue weighted by Gasteiger charge is 2.56. The first-order chi connectivity index (χ1) is 11.3. The van der Waals surface area contributed by atoms with Crippen molar-refractivity contribution in [2.45, 2.75) is 25.7 Å². The Kier molecular flexibility index (Phi) is 4.88. The number of hydrogen-bond acceptors (Lipinski definition) is 4. The van der Waals surface area contributed by atoms with Crippen LogP contribution in [0.2, 0.25) is 0 Å². The first-order valence-corrected chi connectivity index (χ1v) is 9.35. The van der Waals surface area contributed by atoms with Gasteiger partial charge in [0.2, 0.25) is 5.91 Å². The van der Waals surface area contributed by atoms with Crippen LogP contribution in [0.25, 0.3) is 0 Å². The molecule has 5 unspecified atom stereocenters. The van der Waals surface area contributed by atoms with Crippen molar-refractivity contribution in [1.29, 1.82) is 0 Å². The fourth-order valence-electron chi connectivity index (χ4n) is 5.56. The van der Waals surface area contributed by atoms with E-state index >= 15 is 0 Å². The molecule has 0 aromatic rings. The summed E-state index contributed by atoms with van der Waals surface area (Å²) in [4.78, 5) is 15.2. The van der Waals surface area contributed by atoms with Crippen LogP contribution in [0.5, 0.6) is 0 Å². The Hall–Kier alpha value is -0.650. The van der Waals surface area contributed by atoms with Crippen molar-refractivity contribution in [3.63, 3.8) is 0 Å². The lowest BCUT2D eigenvalue weighted by atomic mass is 9.75. The van der Waals surface area contributed by atoms with E-state index in [1.54, 1.807) is 0 Å². The van der Waals surface area contributed by atoms with Gasteiger partial charge in [-0.2, -0.15) is 0 Å². The van der Waals surface area contributed by atoms with Gasteiger partial charge in [-0.05, 0) is 49.4 Å². The van der Waals surface area contributed by atoms with Gasteiger partial charge in [0, 0.05) is 19.0 Å². The van der Waals surface area contributed by atoms with Crippen molar-refractivity contribution in [3.05, 3.63) is 0 Å². The van der Waals surface area contributed by atoms with Gasteiger partial charge >= 0.3 is 0 Å². The Labute approximate surface area is 138 Å². The molecule has 5 nitrogen and oxygen atoms in total. The molecular formula is C18H29NO4. The average Bonchev–Trinajstić information content (AvgIpc) is 2.95. The van der Waals surface area contributed by atoms with E-state index in [1.165, 1.54) is 25.7 Å². The quantitative estimate of drug-likeness (QED) is 0.735. The van der Waals surface area contributed by atoms with E-state index < -0.39 is 0 Å². The highest BCUT2D eigenvalue weighted by Crippen LogP contribution is 2.61. The molecule has 23 heavy (non-hydrogen) atoms. The minimum absolute atomic E-state index is 0.287. The van der Waals surface area contributed by atoms with Crippen LogP contribution in [0.1, 0.15) is 25.7 Å². The molecule has 0 aromatic carbocycles. The predicted molar refractivity (Wildman–Crippen MR) is 85.0 cm³/mol. The van der Waals surface area contributed by atoms with Crippen molar-refractivity contribution in [1.82, 2.24) is 4.90 Å². The van der Waals surface area contributed by atoms with Gasteiger partial charge in [-0.1, -0.05) is 0 Å². The Balaban J connectivity index is 1.38. The summed E-state index contributed by atoms with van der Waals surface area (Å²) in [6.45, 7) is 4.98. The van der Waals surface area contributed by atoms with Crippen LogP contribution < -0.4 is 0 Å². The topological polar surface area (TPSA) is 48.0 Å². The molecule has 5 aliphatic rings. The van der Waals surface area contributed by atoms with E-state index in [4.69, 9.17) is 14.2 Å². The van der Waals surface area contributed by atoms with Crippen molar-refractivity contribution in [3.8, 4) is 0 Å². The lowest BCUT2D eigenvalue weighted by molar-refractivity contribution is -0.141. The molecule has 5 fully saturated rings. The third kappa shape index (κ3) is 3.28. The first kappa shape index (κ1) is 15.9. The molecule has 5 rings (SSSR count). The number of nitrogens with zero attached hydrogens (tertiary/aromatic N) is 1. The maximum absolute atomic E-state index is 13.2. The third-order valence-electron chi connectivity index (χ3n) is 6.41. The zero-order chi connectivity index (χ0) is 15.6. The van der Waals surface area contributed by atoms with E-state index in [-0.39, 0.29) is 5.92 Å². The van der Waals surface area contributed by atoms with E-state index in [1.807, 2.05) is 4.90 Å². The molecular weight excluding hydrogens is 294 g/mol. The normalized spacial score (nSPS) is 41.6. The van der Waals surface area contributed by atoms with Gasteiger partial charge < -0.3 is 19.1 Å². The molecule has 1 aliphatic heterocycles. The average molecular weight is 323 g/mol. The second-order valence-corrected chi connectivity index (χ2v) is 7.68. The van der Waals surface area contributed by atoms with Gasteiger partial charge in [-0.3, -0.25) is 4.79 Å². The fourth-order valence-corrected chi connectivity index (χ4v) is 5.56. The minimum Gasteiger partial charge on any atom is -0.377 e. The van der Waals surface area contributed by atoms with Gasteiger partial charge in [-0.15, -0.1) is 0 Å². The Morgan fingerprint density at radius 2 is 1.35 bits per heavy atom. The van der Waals surface area contributed by atoms with Crippen LogP contribution in [0, 0.1) is 29.6 Å². The van der Waals surface area contributed by atoms with Crippen molar-refractivity contribution in [2.24, 2.45) is 29.6 Å². The minimum atomic E-state index is 0.287. The maximum atomic E-state index is 13.2. The molecule has 4 aliphatic carbocycles. The second-order valence-electron chi connectivity index (χ2n) is 7.68. The summed E-state index contributed by atoms with van der Waals surface area (Å²) in [6, 6.07) is 0. The lowest BCUT2D eigenvalue weighted by Gasteiger charge is -2.35. The van der Waals surface area contributed by atoms with Crippen molar-refractivity contribution < 1.29 is 19.0 Å². The maximum Gasteiger partial charge on any atom is 0.226 e. The monoisotopic (exact) mass is 323 g/mol. The van der Waals surface area contributed by atoms with Crippen LogP contribution in [0.4, 0.5) is 0 Å².